The third kappa shape index (κ3) is 3.35. The summed E-state index contributed by atoms with van der Waals surface area (Å²) in [5, 5.41) is 2.92. The predicted molar refractivity (Wildman–Crippen MR) is 126 cm³/mol. The third-order valence-electron chi connectivity index (χ3n) is 7.22. The molecule has 2 amide bonds. The number of carbonyl (C=O) groups excluding carboxylic acids is 2. The third-order valence-corrected chi connectivity index (χ3v) is 7.22. The number of hydrogen-bond donors (Lipinski definition) is 1. The first kappa shape index (κ1) is 22.5. The van der Waals surface area contributed by atoms with Crippen LogP contribution in [-0.4, -0.2) is 63.1 Å². The number of ether oxygens (including phenoxy) is 6. The van der Waals surface area contributed by atoms with Gasteiger partial charge in [0.1, 0.15) is 5.60 Å². The van der Waals surface area contributed by atoms with Gasteiger partial charge in [-0.25, -0.2) is 0 Å². The lowest BCUT2D eigenvalue weighted by Gasteiger charge is -2.24. The minimum atomic E-state index is -0.810. The number of hydrogen-bond acceptors (Lipinski definition) is 8. The molecule has 6 rings (SSSR count). The molecule has 1 spiro atoms. The minimum absolute atomic E-state index is 0.107. The smallest absolute Gasteiger partial charge is 0.231 e. The number of carbonyl (C=O) groups is 2. The van der Waals surface area contributed by atoms with E-state index in [0.29, 0.717) is 47.5 Å². The lowest BCUT2D eigenvalue weighted by molar-refractivity contribution is -0.136. The van der Waals surface area contributed by atoms with Gasteiger partial charge >= 0.3 is 0 Å². The monoisotopic (exact) mass is 494 g/mol. The van der Waals surface area contributed by atoms with Crippen LogP contribution in [-0.2, 0) is 20.9 Å². The SMILES string of the molecule is COc1cc(NC(=O)[C@@H]2[C@H]3C=C[C@@]4(CN(Cc5ccc6c(c5)OCO6)C(=O)[C@@H]24)O3)cc(OC)c1OC. The van der Waals surface area contributed by atoms with Crippen molar-refractivity contribution < 1.29 is 38.0 Å². The van der Waals surface area contributed by atoms with Gasteiger partial charge in [-0.15, -0.1) is 0 Å². The number of likely N-dealkylation sites (tertiary alicyclic amines) is 1. The van der Waals surface area contributed by atoms with Crippen LogP contribution in [0.2, 0.25) is 0 Å². The Balaban J connectivity index is 1.23. The number of rotatable bonds is 7. The summed E-state index contributed by atoms with van der Waals surface area (Å²) in [5.74, 6) is 0.931. The fraction of sp³-hybridized carbons (Fsp3) is 0.385. The average Bonchev–Trinajstić information content (AvgIpc) is 3.64. The van der Waals surface area contributed by atoms with Gasteiger partial charge in [0, 0.05) is 24.4 Å². The second-order valence-electron chi connectivity index (χ2n) is 9.19. The molecule has 0 aliphatic carbocycles. The van der Waals surface area contributed by atoms with Crippen molar-refractivity contribution in [1.82, 2.24) is 4.90 Å². The lowest BCUT2D eigenvalue weighted by atomic mass is 9.77. The highest BCUT2D eigenvalue weighted by atomic mass is 16.7. The van der Waals surface area contributed by atoms with Gasteiger partial charge in [0.05, 0.1) is 45.8 Å². The standard InChI is InChI=1S/C26H26N2O8/c1-31-19-9-15(10-20(32-2)23(19)33-3)27-24(29)21-17-6-7-26(36-17)12-28(25(30)22(21)26)11-14-4-5-16-18(8-14)35-13-34-16/h4-10,17,21-22H,11-13H2,1-3H3,(H,27,29)/t17-,21-,22-,26+/m1/s1. The van der Waals surface area contributed by atoms with Gasteiger partial charge in [-0.05, 0) is 17.7 Å². The van der Waals surface area contributed by atoms with Crippen LogP contribution in [0, 0.1) is 11.8 Å². The Bertz CT molecular complexity index is 1250. The zero-order chi connectivity index (χ0) is 25.0. The van der Waals surface area contributed by atoms with E-state index in [1.807, 2.05) is 30.4 Å². The van der Waals surface area contributed by atoms with Crippen LogP contribution >= 0.6 is 0 Å². The maximum atomic E-state index is 13.6. The summed E-state index contributed by atoms with van der Waals surface area (Å²) >= 11 is 0. The number of benzene rings is 2. The van der Waals surface area contributed by atoms with E-state index in [-0.39, 0.29) is 18.6 Å². The Morgan fingerprint density at radius 2 is 1.83 bits per heavy atom. The van der Waals surface area contributed by atoms with Gasteiger partial charge in [0.25, 0.3) is 0 Å². The fourth-order valence-corrected chi connectivity index (χ4v) is 5.65. The highest BCUT2D eigenvalue weighted by Crippen LogP contribution is 2.52. The van der Waals surface area contributed by atoms with E-state index < -0.39 is 23.5 Å². The predicted octanol–water partition coefficient (Wildman–Crippen LogP) is 2.36. The number of nitrogens with one attached hydrogen (secondary N) is 1. The zero-order valence-corrected chi connectivity index (χ0v) is 20.1. The number of amides is 2. The van der Waals surface area contributed by atoms with Gasteiger partial charge in [0.2, 0.25) is 24.4 Å². The Morgan fingerprint density at radius 3 is 2.56 bits per heavy atom. The average molecular weight is 495 g/mol. The summed E-state index contributed by atoms with van der Waals surface area (Å²) in [6.45, 7) is 0.956. The van der Waals surface area contributed by atoms with Gasteiger partial charge in [-0.3, -0.25) is 9.59 Å². The maximum Gasteiger partial charge on any atom is 0.231 e. The van der Waals surface area contributed by atoms with E-state index in [4.69, 9.17) is 28.4 Å². The highest BCUT2D eigenvalue weighted by molar-refractivity contribution is 5.99. The second-order valence-corrected chi connectivity index (χ2v) is 9.19. The molecule has 0 unspecified atom stereocenters. The van der Waals surface area contributed by atoms with E-state index in [2.05, 4.69) is 5.32 Å². The molecule has 2 saturated heterocycles. The van der Waals surface area contributed by atoms with E-state index in [9.17, 15) is 9.59 Å². The molecule has 2 aromatic carbocycles. The quantitative estimate of drug-likeness (QED) is 0.585. The summed E-state index contributed by atoms with van der Waals surface area (Å²) in [6.07, 6.45) is 3.35. The maximum absolute atomic E-state index is 13.6. The van der Waals surface area contributed by atoms with Crippen molar-refractivity contribution in [3.63, 3.8) is 0 Å². The molecule has 10 heteroatoms. The first-order chi connectivity index (χ1) is 17.5. The second kappa shape index (κ2) is 8.34. The molecule has 188 valence electrons. The number of methoxy groups -OCH3 is 3. The molecule has 2 bridgehead atoms. The number of anilines is 1. The molecule has 36 heavy (non-hydrogen) atoms. The van der Waals surface area contributed by atoms with Gasteiger partial charge in [-0.2, -0.15) is 0 Å². The van der Waals surface area contributed by atoms with Crippen molar-refractivity contribution >= 4 is 17.5 Å². The Hall–Kier alpha value is -3.92. The lowest BCUT2D eigenvalue weighted by Crippen LogP contribution is -2.41. The van der Waals surface area contributed by atoms with Gasteiger partial charge in [0.15, 0.2) is 23.0 Å². The zero-order valence-electron chi connectivity index (χ0n) is 20.1. The molecule has 4 aliphatic rings. The molecule has 2 aromatic rings. The molecule has 0 saturated carbocycles. The van der Waals surface area contributed by atoms with Gasteiger partial charge in [-0.1, -0.05) is 18.2 Å². The van der Waals surface area contributed by atoms with Crippen molar-refractivity contribution in [3.05, 3.63) is 48.0 Å². The molecule has 2 fully saturated rings. The van der Waals surface area contributed by atoms with Crippen molar-refractivity contribution in [1.29, 1.82) is 0 Å². The van der Waals surface area contributed by atoms with Gasteiger partial charge < -0.3 is 38.6 Å². The Labute approximate surface area is 207 Å². The molecule has 1 N–H and O–H groups in total. The van der Waals surface area contributed by atoms with E-state index in [0.717, 1.165) is 5.56 Å². The first-order valence-corrected chi connectivity index (χ1v) is 11.6. The van der Waals surface area contributed by atoms with Crippen molar-refractivity contribution in [2.24, 2.45) is 11.8 Å². The van der Waals surface area contributed by atoms with E-state index >= 15 is 0 Å². The van der Waals surface area contributed by atoms with Crippen LogP contribution in [0.3, 0.4) is 0 Å². The largest absolute Gasteiger partial charge is 0.493 e. The molecule has 10 nitrogen and oxygen atoms in total. The van der Waals surface area contributed by atoms with Crippen LogP contribution in [0.5, 0.6) is 28.7 Å². The summed E-state index contributed by atoms with van der Waals surface area (Å²) < 4.78 is 33.2. The van der Waals surface area contributed by atoms with Crippen LogP contribution in [0.25, 0.3) is 0 Å². The topological polar surface area (TPSA) is 105 Å². The summed E-state index contributed by atoms with van der Waals surface area (Å²) in [7, 11) is 4.53. The Morgan fingerprint density at radius 1 is 1.08 bits per heavy atom. The molecular formula is C26H26N2O8. The summed E-state index contributed by atoms with van der Waals surface area (Å²) in [5.41, 5.74) is 0.578. The molecular weight excluding hydrogens is 468 g/mol. The Kier molecular flexibility index (Phi) is 5.22. The molecule has 4 aliphatic heterocycles. The normalized spacial score (nSPS) is 26.8. The molecule has 0 radical (unpaired) electrons. The summed E-state index contributed by atoms with van der Waals surface area (Å²) in [4.78, 5) is 28.8. The highest BCUT2D eigenvalue weighted by Gasteiger charge is 2.66. The number of nitrogens with zero attached hydrogens (tertiary/aromatic N) is 1. The fourth-order valence-electron chi connectivity index (χ4n) is 5.65. The minimum Gasteiger partial charge on any atom is -0.493 e. The number of fused-ring (bicyclic) bond motifs is 2. The van der Waals surface area contributed by atoms with Crippen molar-refractivity contribution in [2.75, 3.05) is 40.0 Å². The molecule has 4 atom stereocenters. The van der Waals surface area contributed by atoms with Crippen LogP contribution in [0.15, 0.2) is 42.5 Å². The van der Waals surface area contributed by atoms with Crippen LogP contribution < -0.4 is 29.0 Å². The van der Waals surface area contributed by atoms with Crippen molar-refractivity contribution in [2.45, 2.75) is 18.2 Å². The van der Waals surface area contributed by atoms with Crippen LogP contribution in [0.1, 0.15) is 5.56 Å². The van der Waals surface area contributed by atoms with Crippen LogP contribution in [0.4, 0.5) is 5.69 Å². The first-order valence-electron chi connectivity index (χ1n) is 11.6. The summed E-state index contributed by atoms with van der Waals surface area (Å²) in [6, 6.07) is 8.94. The van der Waals surface area contributed by atoms with E-state index in [1.165, 1.54) is 21.3 Å². The van der Waals surface area contributed by atoms with Crippen molar-refractivity contribution in [3.8, 4) is 28.7 Å². The van der Waals surface area contributed by atoms with E-state index in [1.54, 1.807) is 17.0 Å². The molecule has 4 heterocycles. The molecule has 0 aromatic heterocycles.